The Kier molecular flexibility index (Phi) is 3.22. The Labute approximate surface area is 79.6 Å². The van der Waals surface area contributed by atoms with Gasteiger partial charge >= 0.3 is 0 Å². The molecule has 0 radical (unpaired) electrons. The van der Waals surface area contributed by atoms with Gasteiger partial charge in [0.05, 0.1) is 0 Å². The maximum absolute atomic E-state index is 10.9. The van der Waals surface area contributed by atoms with Gasteiger partial charge in [0.2, 0.25) is 10.0 Å². The molecule has 0 aromatic heterocycles. The summed E-state index contributed by atoms with van der Waals surface area (Å²) in [7, 11) is -3.30. The van der Waals surface area contributed by atoms with Crippen molar-refractivity contribution in [3.8, 4) is 0 Å². The zero-order valence-electron chi connectivity index (χ0n) is 7.10. The fraction of sp³-hybridized carbons (Fsp3) is 0.111. The molecule has 0 aliphatic carbocycles. The maximum atomic E-state index is 10.9. The topological polar surface area (TPSA) is 46.2 Å². The van der Waals surface area contributed by atoms with Gasteiger partial charge < -0.3 is 0 Å². The van der Waals surface area contributed by atoms with Crippen LogP contribution in [-0.2, 0) is 16.6 Å². The summed E-state index contributed by atoms with van der Waals surface area (Å²) in [6.07, 6.45) is 0. The van der Waals surface area contributed by atoms with Crippen molar-refractivity contribution in [1.29, 1.82) is 0 Å². The second-order valence-electron chi connectivity index (χ2n) is 2.52. The van der Waals surface area contributed by atoms with E-state index in [4.69, 9.17) is 0 Å². The average molecular weight is 199 g/mol. The van der Waals surface area contributed by atoms with Gasteiger partial charge in [-0.25, -0.2) is 13.1 Å². The Balaban J connectivity index is 0.00000169. The molecule has 1 aromatic carbocycles. The van der Waals surface area contributed by atoms with Crippen LogP contribution >= 0.6 is 0 Å². The lowest BCUT2D eigenvalue weighted by molar-refractivity contribution is 0.590. The van der Waals surface area contributed by atoms with Gasteiger partial charge in [-0.2, -0.15) is 0 Å². The number of hydrogen-bond acceptors (Lipinski definition) is 2. The third-order valence-electron chi connectivity index (χ3n) is 1.54. The van der Waals surface area contributed by atoms with E-state index in [9.17, 15) is 8.42 Å². The van der Waals surface area contributed by atoms with Crippen molar-refractivity contribution in [1.82, 2.24) is 4.72 Å². The first kappa shape index (κ1) is 9.95. The highest BCUT2D eigenvalue weighted by Gasteiger charge is 2.01. The van der Waals surface area contributed by atoms with E-state index in [1.54, 1.807) is 0 Å². The smallest absolute Gasteiger partial charge is 0.208 e. The number of nitrogens with one attached hydrogen (secondary N) is 1. The van der Waals surface area contributed by atoms with Crippen LogP contribution in [0.4, 0.5) is 0 Å². The normalized spacial score (nSPS) is 11.1. The summed E-state index contributed by atoms with van der Waals surface area (Å²) in [5, 5.41) is 0.899. The molecule has 0 heterocycles. The quantitative estimate of drug-likeness (QED) is 0.798. The molecule has 0 atom stereocenters. The van der Waals surface area contributed by atoms with Crippen molar-refractivity contribution in [2.24, 2.45) is 0 Å². The minimum Gasteiger partial charge on any atom is -0.208 e. The third kappa shape index (κ3) is 3.40. The highest BCUT2D eigenvalue weighted by Crippen LogP contribution is 1.98. The molecule has 0 unspecified atom stereocenters. The Morgan fingerprint density at radius 3 is 2.54 bits per heavy atom. The molecule has 0 aliphatic heterocycles. The molecule has 72 valence electrons. The maximum Gasteiger partial charge on any atom is 0.233 e. The second-order valence-corrected chi connectivity index (χ2v) is 4.23. The number of hydrogen-bond donors (Lipinski definition) is 1. The standard InChI is InChI=1S/C9H11NO2S.H2/c1-2-13(11,12)10-8-9-6-4-3-5-7-9;/h2-7,10H,1,8H2;1H. The average Bonchev–Trinajstić information content (AvgIpc) is 2.17. The lowest BCUT2D eigenvalue weighted by Crippen LogP contribution is -2.20. The molecule has 4 heteroatoms. The van der Waals surface area contributed by atoms with Crippen molar-refractivity contribution in [2.45, 2.75) is 6.54 Å². The van der Waals surface area contributed by atoms with Crippen LogP contribution in [0.15, 0.2) is 42.3 Å². The molecule has 0 saturated heterocycles. The predicted octanol–water partition coefficient (Wildman–Crippen LogP) is 1.50. The zero-order valence-corrected chi connectivity index (χ0v) is 7.92. The van der Waals surface area contributed by atoms with Gasteiger partial charge in [0.15, 0.2) is 0 Å². The summed E-state index contributed by atoms with van der Waals surface area (Å²) in [6, 6.07) is 9.30. The fourth-order valence-corrected chi connectivity index (χ4v) is 1.32. The van der Waals surface area contributed by atoms with Crippen LogP contribution < -0.4 is 4.72 Å². The Morgan fingerprint density at radius 1 is 1.38 bits per heavy atom. The van der Waals surface area contributed by atoms with Crippen molar-refractivity contribution in [3.63, 3.8) is 0 Å². The van der Waals surface area contributed by atoms with E-state index in [1.807, 2.05) is 30.3 Å². The largest absolute Gasteiger partial charge is 0.233 e. The number of benzene rings is 1. The highest BCUT2D eigenvalue weighted by molar-refractivity contribution is 7.92. The van der Waals surface area contributed by atoms with Gasteiger partial charge in [-0.15, -0.1) is 0 Å². The number of rotatable bonds is 4. The molecule has 3 nitrogen and oxygen atoms in total. The van der Waals surface area contributed by atoms with Gasteiger partial charge in [-0.05, 0) is 5.56 Å². The van der Waals surface area contributed by atoms with E-state index >= 15 is 0 Å². The van der Waals surface area contributed by atoms with E-state index in [0.29, 0.717) is 6.54 Å². The van der Waals surface area contributed by atoms with Crippen LogP contribution in [-0.4, -0.2) is 8.42 Å². The second kappa shape index (κ2) is 4.20. The van der Waals surface area contributed by atoms with E-state index in [2.05, 4.69) is 11.3 Å². The van der Waals surface area contributed by atoms with Gasteiger partial charge in [-0.3, -0.25) is 0 Å². The molecule has 0 amide bonds. The molecule has 0 saturated carbocycles. The van der Waals surface area contributed by atoms with Gasteiger partial charge in [0.1, 0.15) is 0 Å². The summed E-state index contributed by atoms with van der Waals surface area (Å²) in [5.74, 6) is 0. The van der Waals surface area contributed by atoms with Crippen molar-refractivity contribution in [3.05, 3.63) is 47.9 Å². The van der Waals surface area contributed by atoms with E-state index < -0.39 is 10.0 Å². The molecular formula is C9H13NO2S. The highest BCUT2D eigenvalue weighted by atomic mass is 32.2. The van der Waals surface area contributed by atoms with Gasteiger partial charge in [0.25, 0.3) is 0 Å². The van der Waals surface area contributed by atoms with Crippen LogP contribution in [0.5, 0.6) is 0 Å². The van der Waals surface area contributed by atoms with Crippen LogP contribution in [0.25, 0.3) is 0 Å². The Hall–Kier alpha value is -1.13. The van der Waals surface area contributed by atoms with E-state index in [-0.39, 0.29) is 1.43 Å². The minimum atomic E-state index is -3.30. The molecule has 13 heavy (non-hydrogen) atoms. The fourth-order valence-electron chi connectivity index (χ4n) is 0.839. The molecule has 0 spiro atoms. The molecular weight excluding hydrogens is 186 g/mol. The third-order valence-corrected chi connectivity index (χ3v) is 2.53. The molecule has 1 aromatic rings. The monoisotopic (exact) mass is 199 g/mol. The molecule has 1 rings (SSSR count). The molecule has 0 fully saturated rings. The summed E-state index contributed by atoms with van der Waals surface area (Å²) in [5.41, 5.74) is 0.924. The summed E-state index contributed by atoms with van der Waals surface area (Å²) in [4.78, 5) is 0. The summed E-state index contributed by atoms with van der Waals surface area (Å²) in [6.45, 7) is 3.49. The molecule has 0 aliphatic rings. The SMILES string of the molecule is C=CS(=O)(=O)NCc1ccccc1.[HH]. The van der Waals surface area contributed by atoms with Crippen molar-refractivity contribution < 1.29 is 9.84 Å². The van der Waals surface area contributed by atoms with Gasteiger partial charge in [-0.1, -0.05) is 36.9 Å². The van der Waals surface area contributed by atoms with E-state index in [1.165, 1.54) is 0 Å². The van der Waals surface area contributed by atoms with Gasteiger partial charge in [0, 0.05) is 13.4 Å². The van der Waals surface area contributed by atoms with Crippen LogP contribution in [0.2, 0.25) is 0 Å². The zero-order chi connectivity index (χ0) is 9.73. The predicted molar refractivity (Wildman–Crippen MR) is 54.5 cm³/mol. The molecule has 0 bridgehead atoms. The Bertz CT molecular complexity index is 375. The first-order valence-electron chi connectivity index (χ1n) is 3.80. The summed E-state index contributed by atoms with van der Waals surface area (Å²) < 4.78 is 24.3. The molecule has 1 N–H and O–H groups in total. The Morgan fingerprint density at radius 2 is 2.00 bits per heavy atom. The lowest BCUT2D eigenvalue weighted by atomic mass is 10.2. The number of sulfonamides is 1. The van der Waals surface area contributed by atoms with E-state index in [0.717, 1.165) is 11.0 Å². The van der Waals surface area contributed by atoms with Crippen LogP contribution in [0.3, 0.4) is 0 Å². The minimum absolute atomic E-state index is 0. The van der Waals surface area contributed by atoms with Crippen molar-refractivity contribution in [2.75, 3.05) is 0 Å². The lowest BCUT2D eigenvalue weighted by Gasteiger charge is -2.01. The summed E-state index contributed by atoms with van der Waals surface area (Å²) >= 11 is 0. The van der Waals surface area contributed by atoms with Crippen LogP contribution in [0, 0.1) is 0 Å². The first-order valence-corrected chi connectivity index (χ1v) is 5.35. The first-order chi connectivity index (χ1) is 6.14. The van der Waals surface area contributed by atoms with Crippen molar-refractivity contribution >= 4 is 10.0 Å². The van der Waals surface area contributed by atoms with Crippen LogP contribution in [0.1, 0.15) is 6.99 Å².